The van der Waals surface area contributed by atoms with Crippen LogP contribution >= 0.6 is 0 Å². The highest BCUT2D eigenvalue weighted by Crippen LogP contribution is 2.47. The van der Waals surface area contributed by atoms with Gasteiger partial charge in [0.2, 0.25) is 0 Å². The molecule has 1 aliphatic heterocycles. The van der Waals surface area contributed by atoms with Crippen LogP contribution in [0, 0.1) is 20.8 Å². The molecule has 0 aliphatic carbocycles. The maximum Gasteiger partial charge on any atom is 0.131 e. The Bertz CT molecular complexity index is 823. The van der Waals surface area contributed by atoms with Gasteiger partial charge in [0.15, 0.2) is 0 Å². The zero-order valence-electron chi connectivity index (χ0n) is 13.8. The van der Waals surface area contributed by atoms with Gasteiger partial charge in [0.05, 0.1) is 0 Å². The van der Waals surface area contributed by atoms with E-state index in [0.717, 1.165) is 11.5 Å². The number of aryl methyl sites for hydroxylation is 3. The van der Waals surface area contributed by atoms with Crippen LogP contribution < -0.4 is 4.74 Å². The lowest BCUT2D eigenvalue weighted by molar-refractivity contribution is 0.452. The van der Waals surface area contributed by atoms with Gasteiger partial charge in [0.1, 0.15) is 11.5 Å². The third kappa shape index (κ3) is 2.43. The molecule has 0 amide bonds. The second kappa shape index (κ2) is 5.27. The minimum Gasteiger partial charge on any atom is -0.457 e. The van der Waals surface area contributed by atoms with Crippen molar-refractivity contribution in [1.29, 1.82) is 0 Å². The number of hydrogen-bond acceptors (Lipinski definition) is 1. The molecule has 23 heavy (non-hydrogen) atoms. The average Bonchev–Trinajstić information content (AvgIpc) is 2.53. The molecular formula is C22H20O. The molecule has 0 saturated carbocycles. The van der Waals surface area contributed by atoms with E-state index in [2.05, 4.69) is 81.4 Å². The van der Waals surface area contributed by atoms with E-state index >= 15 is 0 Å². The van der Waals surface area contributed by atoms with E-state index in [1.54, 1.807) is 0 Å². The Labute approximate surface area is 137 Å². The summed E-state index contributed by atoms with van der Waals surface area (Å²) in [6, 6.07) is 21.9. The summed E-state index contributed by atoms with van der Waals surface area (Å²) in [6.07, 6.45) is 0. The molecule has 0 unspecified atom stereocenters. The highest BCUT2D eigenvalue weighted by atomic mass is 16.5. The van der Waals surface area contributed by atoms with Crippen molar-refractivity contribution in [2.45, 2.75) is 26.7 Å². The molecular weight excluding hydrogens is 280 g/mol. The first-order valence-corrected chi connectivity index (χ1v) is 8.07. The Morgan fingerprint density at radius 1 is 0.609 bits per heavy atom. The van der Waals surface area contributed by atoms with Crippen LogP contribution in [0.2, 0.25) is 0 Å². The summed E-state index contributed by atoms with van der Waals surface area (Å²) in [5, 5.41) is 0. The van der Waals surface area contributed by atoms with Crippen molar-refractivity contribution in [2.24, 2.45) is 0 Å². The predicted molar refractivity (Wildman–Crippen MR) is 94.6 cm³/mol. The number of fused-ring (bicyclic) bond motifs is 2. The van der Waals surface area contributed by atoms with Crippen LogP contribution in [0.5, 0.6) is 11.5 Å². The minimum absolute atomic E-state index is 0.232. The van der Waals surface area contributed by atoms with Crippen LogP contribution in [-0.2, 0) is 0 Å². The summed E-state index contributed by atoms with van der Waals surface area (Å²) in [4.78, 5) is 0. The molecule has 0 N–H and O–H groups in total. The Kier molecular flexibility index (Phi) is 3.23. The molecule has 1 heteroatoms. The molecule has 3 aromatic rings. The quantitative estimate of drug-likeness (QED) is 0.425. The summed E-state index contributed by atoms with van der Waals surface area (Å²) in [6.45, 7) is 6.34. The van der Waals surface area contributed by atoms with Crippen molar-refractivity contribution in [2.75, 3.05) is 0 Å². The topological polar surface area (TPSA) is 9.23 Å². The molecule has 0 saturated heterocycles. The largest absolute Gasteiger partial charge is 0.457 e. The Morgan fingerprint density at radius 2 is 1.09 bits per heavy atom. The first-order chi connectivity index (χ1) is 11.1. The second-order valence-electron chi connectivity index (χ2n) is 6.53. The van der Waals surface area contributed by atoms with Gasteiger partial charge in [-0.05, 0) is 49.6 Å². The zero-order valence-corrected chi connectivity index (χ0v) is 13.8. The maximum atomic E-state index is 6.21. The van der Waals surface area contributed by atoms with Gasteiger partial charge in [-0.25, -0.2) is 0 Å². The number of rotatable bonds is 1. The first-order valence-electron chi connectivity index (χ1n) is 8.07. The standard InChI is InChI=1S/C22H20O/c1-14-4-8-17(9-5-14)22-18-10-6-15(2)12-20(18)23-21-13-16(3)7-11-19(21)22/h4-13,22H,1-3H3. The zero-order chi connectivity index (χ0) is 16.0. The normalized spacial score (nSPS) is 13.2. The van der Waals surface area contributed by atoms with Crippen LogP contribution in [-0.4, -0.2) is 0 Å². The maximum absolute atomic E-state index is 6.21. The Hall–Kier alpha value is -2.54. The fraction of sp³-hybridized carbons (Fsp3) is 0.182. The second-order valence-corrected chi connectivity index (χ2v) is 6.53. The van der Waals surface area contributed by atoms with E-state index in [1.165, 1.54) is 33.4 Å². The molecule has 114 valence electrons. The van der Waals surface area contributed by atoms with Crippen molar-refractivity contribution < 1.29 is 4.74 Å². The highest BCUT2D eigenvalue weighted by molar-refractivity contribution is 5.59. The van der Waals surface area contributed by atoms with E-state index in [-0.39, 0.29) is 5.92 Å². The molecule has 0 radical (unpaired) electrons. The van der Waals surface area contributed by atoms with Crippen LogP contribution in [0.25, 0.3) is 0 Å². The van der Waals surface area contributed by atoms with E-state index in [1.807, 2.05) is 0 Å². The van der Waals surface area contributed by atoms with E-state index in [0.29, 0.717) is 0 Å². The molecule has 0 fully saturated rings. The van der Waals surface area contributed by atoms with Gasteiger partial charge >= 0.3 is 0 Å². The van der Waals surface area contributed by atoms with E-state index < -0.39 is 0 Å². The highest BCUT2D eigenvalue weighted by Gasteiger charge is 2.28. The van der Waals surface area contributed by atoms with Crippen molar-refractivity contribution >= 4 is 0 Å². The molecule has 3 aromatic carbocycles. The number of benzene rings is 3. The SMILES string of the molecule is Cc1ccc(C2c3ccc(C)cc3Oc3cc(C)ccc32)cc1. The van der Waals surface area contributed by atoms with Gasteiger partial charge in [-0.1, -0.05) is 54.1 Å². The van der Waals surface area contributed by atoms with Gasteiger partial charge in [-0.2, -0.15) is 0 Å². The third-order valence-corrected chi connectivity index (χ3v) is 4.59. The van der Waals surface area contributed by atoms with Gasteiger partial charge in [0, 0.05) is 17.0 Å². The van der Waals surface area contributed by atoms with E-state index in [4.69, 9.17) is 4.74 Å². The number of ether oxygens (including phenoxy) is 1. The lowest BCUT2D eigenvalue weighted by atomic mass is 9.82. The number of hydrogen-bond donors (Lipinski definition) is 0. The molecule has 0 spiro atoms. The monoisotopic (exact) mass is 300 g/mol. The van der Waals surface area contributed by atoms with E-state index in [9.17, 15) is 0 Å². The minimum atomic E-state index is 0.232. The molecule has 1 heterocycles. The Balaban J connectivity index is 1.95. The van der Waals surface area contributed by atoms with Crippen LogP contribution in [0.15, 0.2) is 60.7 Å². The molecule has 4 rings (SSSR count). The molecule has 0 atom stereocenters. The smallest absolute Gasteiger partial charge is 0.131 e. The summed E-state index contributed by atoms with van der Waals surface area (Å²) in [5.74, 6) is 2.19. The summed E-state index contributed by atoms with van der Waals surface area (Å²) < 4.78 is 6.21. The molecule has 0 bridgehead atoms. The van der Waals surface area contributed by atoms with Gasteiger partial charge in [-0.3, -0.25) is 0 Å². The average molecular weight is 300 g/mol. The Morgan fingerprint density at radius 3 is 1.61 bits per heavy atom. The molecule has 1 nitrogen and oxygen atoms in total. The third-order valence-electron chi connectivity index (χ3n) is 4.59. The van der Waals surface area contributed by atoms with Crippen LogP contribution in [0.3, 0.4) is 0 Å². The van der Waals surface area contributed by atoms with Crippen LogP contribution in [0.4, 0.5) is 0 Å². The first kappa shape index (κ1) is 14.1. The lowest BCUT2D eigenvalue weighted by Crippen LogP contribution is -2.12. The summed E-state index contributed by atoms with van der Waals surface area (Å²) >= 11 is 0. The lowest BCUT2D eigenvalue weighted by Gasteiger charge is -2.29. The predicted octanol–water partition coefficient (Wildman–Crippen LogP) is 5.90. The van der Waals surface area contributed by atoms with Crippen molar-refractivity contribution in [3.8, 4) is 11.5 Å². The van der Waals surface area contributed by atoms with Crippen molar-refractivity contribution in [1.82, 2.24) is 0 Å². The fourth-order valence-corrected chi connectivity index (χ4v) is 3.34. The van der Waals surface area contributed by atoms with Crippen molar-refractivity contribution in [3.05, 3.63) is 94.0 Å². The molecule has 1 aliphatic rings. The summed E-state index contributed by atoms with van der Waals surface area (Å²) in [5.41, 5.74) is 7.54. The van der Waals surface area contributed by atoms with Gasteiger partial charge < -0.3 is 4.74 Å². The molecule has 0 aromatic heterocycles. The van der Waals surface area contributed by atoms with Crippen molar-refractivity contribution in [3.63, 3.8) is 0 Å². The van der Waals surface area contributed by atoms with Crippen LogP contribution in [0.1, 0.15) is 39.3 Å². The summed E-state index contributed by atoms with van der Waals surface area (Å²) in [7, 11) is 0. The van der Waals surface area contributed by atoms with Gasteiger partial charge in [0.25, 0.3) is 0 Å². The van der Waals surface area contributed by atoms with Gasteiger partial charge in [-0.15, -0.1) is 0 Å². The fourth-order valence-electron chi connectivity index (χ4n) is 3.34.